The van der Waals surface area contributed by atoms with Crippen LogP contribution in [0.15, 0.2) is 89.8 Å². The summed E-state index contributed by atoms with van der Waals surface area (Å²) in [5, 5.41) is 17.9. The van der Waals surface area contributed by atoms with Crippen molar-refractivity contribution < 1.29 is 22.3 Å². The third-order valence-electron chi connectivity index (χ3n) is 4.61. The summed E-state index contributed by atoms with van der Waals surface area (Å²) in [6.45, 7) is 0. The van der Waals surface area contributed by atoms with E-state index < -0.39 is 15.8 Å². The molecule has 0 saturated carbocycles. The van der Waals surface area contributed by atoms with E-state index in [9.17, 15) is 12.8 Å². The second kappa shape index (κ2) is 9.91. The van der Waals surface area contributed by atoms with Crippen LogP contribution in [0.4, 0.5) is 10.1 Å². The molecule has 0 aliphatic rings. The molecule has 0 spiro atoms. The molecular weight excluding hydrogens is 471 g/mol. The number of sulfonamides is 1. The molecule has 172 valence electrons. The van der Waals surface area contributed by atoms with Crippen LogP contribution in [0.5, 0.6) is 23.3 Å². The van der Waals surface area contributed by atoms with Gasteiger partial charge in [0.25, 0.3) is 10.0 Å². The number of nitrogens with zero attached hydrogens (tertiary/aromatic N) is 3. The number of nitrogens with one attached hydrogen (secondary N) is 1. The molecule has 0 aliphatic heterocycles. The Bertz CT molecular complexity index is 1540. The monoisotopic (exact) mass is 486 g/mol. The van der Waals surface area contributed by atoms with E-state index in [2.05, 4.69) is 9.71 Å². The molecule has 8 nitrogen and oxygen atoms in total. The van der Waals surface area contributed by atoms with Crippen molar-refractivity contribution in [2.45, 2.75) is 4.90 Å². The molecule has 0 saturated heterocycles. The Labute approximate surface area is 200 Å². The summed E-state index contributed by atoms with van der Waals surface area (Å²) in [5.74, 6) is 0.115. The summed E-state index contributed by atoms with van der Waals surface area (Å²) in [6, 6.07) is 23.7. The standard InChI is InChI=1S/C25H15FN4O4S/c26-19-5-11-22(12-6-19)35(31,32)30-23-13-14-24(33-20-7-1-17(15-27)2-8-20)29-25(23)34-21-9-3-18(16-28)4-10-21/h1-14,30H. The average Bonchev–Trinajstić information content (AvgIpc) is 2.87. The van der Waals surface area contributed by atoms with Gasteiger partial charge in [-0.3, -0.25) is 4.72 Å². The number of ether oxygens (including phenoxy) is 2. The molecule has 4 aromatic rings. The highest BCUT2D eigenvalue weighted by Crippen LogP contribution is 2.33. The maximum atomic E-state index is 13.2. The van der Waals surface area contributed by atoms with E-state index in [1.165, 1.54) is 36.4 Å². The fraction of sp³-hybridized carbons (Fsp3) is 0. The SMILES string of the molecule is N#Cc1ccc(Oc2ccc(NS(=O)(=O)c3ccc(F)cc3)c(Oc3ccc(C#N)cc3)n2)cc1. The third kappa shape index (κ3) is 5.71. The lowest BCUT2D eigenvalue weighted by atomic mass is 10.2. The van der Waals surface area contributed by atoms with Gasteiger partial charge in [-0.15, -0.1) is 0 Å². The molecule has 0 bridgehead atoms. The molecule has 0 atom stereocenters. The number of rotatable bonds is 7. The fourth-order valence-corrected chi connectivity index (χ4v) is 3.94. The van der Waals surface area contributed by atoms with Crippen molar-refractivity contribution in [3.63, 3.8) is 0 Å². The number of pyridine rings is 1. The van der Waals surface area contributed by atoms with Gasteiger partial charge in [-0.05, 0) is 78.9 Å². The Hall–Kier alpha value is -4.93. The van der Waals surface area contributed by atoms with Crippen molar-refractivity contribution in [1.29, 1.82) is 10.5 Å². The zero-order chi connectivity index (χ0) is 24.8. The average molecular weight is 486 g/mol. The summed E-state index contributed by atoms with van der Waals surface area (Å²) in [5.41, 5.74) is 0.881. The van der Waals surface area contributed by atoms with Gasteiger partial charge in [-0.1, -0.05) is 0 Å². The van der Waals surface area contributed by atoms with E-state index in [1.54, 1.807) is 24.3 Å². The Balaban J connectivity index is 1.67. The molecule has 1 heterocycles. The second-order valence-corrected chi connectivity index (χ2v) is 8.72. The topological polar surface area (TPSA) is 125 Å². The van der Waals surface area contributed by atoms with Gasteiger partial charge in [0.2, 0.25) is 11.8 Å². The molecule has 0 aliphatic carbocycles. The first-order valence-electron chi connectivity index (χ1n) is 10.0. The molecule has 4 rings (SSSR count). The summed E-state index contributed by atoms with van der Waals surface area (Å²) in [7, 11) is -4.09. The Morgan fingerprint density at radius 2 is 1.29 bits per heavy atom. The van der Waals surface area contributed by atoms with Gasteiger partial charge in [-0.2, -0.15) is 15.5 Å². The predicted octanol–water partition coefficient (Wildman–Crippen LogP) is 5.35. The zero-order valence-corrected chi connectivity index (χ0v) is 18.7. The number of hydrogen-bond donors (Lipinski definition) is 1. The number of nitriles is 2. The zero-order valence-electron chi connectivity index (χ0n) is 17.8. The molecule has 35 heavy (non-hydrogen) atoms. The first kappa shape index (κ1) is 23.2. The van der Waals surface area contributed by atoms with Gasteiger partial charge in [0.15, 0.2) is 0 Å². The van der Waals surface area contributed by atoms with E-state index >= 15 is 0 Å². The number of anilines is 1. The quantitative estimate of drug-likeness (QED) is 0.373. The van der Waals surface area contributed by atoms with Crippen LogP contribution in [0.3, 0.4) is 0 Å². The van der Waals surface area contributed by atoms with Crippen molar-refractivity contribution >= 4 is 15.7 Å². The van der Waals surface area contributed by atoms with Crippen LogP contribution in [0.2, 0.25) is 0 Å². The summed E-state index contributed by atoms with van der Waals surface area (Å²) >= 11 is 0. The minimum Gasteiger partial charge on any atom is -0.439 e. The molecule has 1 aromatic heterocycles. The lowest BCUT2D eigenvalue weighted by Gasteiger charge is -2.14. The van der Waals surface area contributed by atoms with Gasteiger partial charge >= 0.3 is 0 Å². The number of halogens is 1. The van der Waals surface area contributed by atoms with E-state index in [0.29, 0.717) is 22.6 Å². The minimum absolute atomic E-state index is 0.00543. The summed E-state index contributed by atoms with van der Waals surface area (Å²) in [4.78, 5) is 4.13. The van der Waals surface area contributed by atoms with Crippen LogP contribution in [-0.2, 0) is 10.0 Å². The summed E-state index contributed by atoms with van der Waals surface area (Å²) < 4.78 is 52.8. The van der Waals surface area contributed by atoms with Crippen molar-refractivity contribution in [1.82, 2.24) is 4.98 Å². The van der Waals surface area contributed by atoms with Crippen LogP contribution in [0.25, 0.3) is 0 Å². The van der Waals surface area contributed by atoms with E-state index in [-0.39, 0.29) is 22.3 Å². The first-order valence-corrected chi connectivity index (χ1v) is 11.5. The molecule has 0 fully saturated rings. The van der Waals surface area contributed by atoms with E-state index in [1.807, 2.05) is 12.1 Å². The lowest BCUT2D eigenvalue weighted by Crippen LogP contribution is -2.14. The fourth-order valence-electron chi connectivity index (χ4n) is 2.88. The van der Waals surface area contributed by atoms with Crippen LogP contribution >= 0.6 is 0 Å². The largest absolute Gasteiger partial charge is 0.439 e. The second-order valence-electron chi connectivity index (χ2n) is 7.04. The Morgan fingerprint density at radius 1 is 0.743 bits per heavy atom. The van der Waals surface area contributed by atoms with Gasteiger partial charge in [-0.25, -0.2) is 12.8 Å². The Kier molecular flexibility index (Phi) is 6.58. The highest BCUT2D eigenvalue weighted by molar-refractivity contribution is 7.92. The van der Waals surface area contributed by atoms with Crippen molar-refractivity contribution in [3.8, 4) is 35.4 Å². The van der Waals surface area contributed by atoms with Gasteiger partial charge in [0.1, 0.15) is 23.0 Å². The number of aromatic nitrogens is 1. The number of hydrogen-bond acceptors (Lipinski definition) is 7. The van der Waals surface area contributed by atoms with Gasteiger partial charge < -0.3 is 9.47 Å². The van der Waals surface area contributed by atoms with Gasteiger partial charge in [0.05, 0.1) is 28.2 Å². The van der Waals surface area contributed by atoms with Gasteiger partial charge in [0, 0.05) is 6.07 Å². The third-order valence-corrected chi connectivity index (χ3v) is 5.99. The van der Waals surface area contributed by atoms with Crippen molar-refractivity contribution in [2.75, 3.05) is 4.72 Å². The molecule has 1 N–H and O–H groups in total. The maximum absolute atomic E-state index is 13.2. The van der Waals surface area contributed by atoms with Crippen LogP contribution in [0.1, 0.15) is 11.1 Å². The minimum atomic E-state index is -4.09. The lowest BCUT2D eigenvalue weighted by molar-refractivity contribution is 0.428. The van der Waals surface area contributed by atoms with Crippen LogP contribution < -0.4 is 14.2 Å². The number of benzene rings is 3. The highest BCUT2D eigenvalue weighted by atomic mass is 32.2. The maximum Gasteiger partial charge on any atom is 0.262 e. The van der Waals surface area contributed by atoms with E-state index in [4.69, 9.17) is 20.0 Å². The van der Waals surface area contributed by atoms with E-state index in [0.717, 1.165) is 24.3 Å². The van der Waals surface area contributed by atoms with Crippen LogP contribution in [-0.4, -0.2) is 13.4 Å². The Morgan fingerprint density at radius 3 is 1.83 bits per heavy atom. The molecule has 0 unspecified atom stereocenters. The summed E-state index contributed by atoms with van der Waals surface area (Å²) in [6.07, 6.45) is 0. The molecule has 0 amide bonds. The van der Waals surface area contributed by atoms with Crippen LogP contribution in [0, 0.1) is 28.5 Å². The molecular formula is C25H15FN4O4S. The predicted molar refractivity (Wildman–Crippen MR) is 124 cm³/mol. The molecule has 0 radical (unpaired) electrons. The highest BCUT2D eigenvalue weighted by Gasteiger charge is 2.19. The molecule has 3 aromatic carbocycles. The first-order chi connectivity index (χ1) is 16.9. The van der Waals surface area contributed by atoms with Crippen molar-refractivity contribution in [3.05, 3.63) is 102 Å². The van der Waals surface area contributed by atoms with Crippen molar-refractivity contribution in [2.24, 2.45) is 0 Å². The normalized spacial score (nSPS) is 10.6. The smallest absolute Gasteiger partial charge is 0.262 e. The molecule has 10 heteroatoms.